The molecule has 3 saturated heterocycles. The van der Waals surface area contributed by atoms with Crippen LogP contribution in [0.1, 0.15) is 57.4 Å². The van der Waals surface area contributed by atoms with Crippen LogP contribution in [0.25, 0.3) is 0 Å². The molecule has 3 unspecified atom stereocenters. The van der Waals surface area contributed by atoms with E-state index in [-0.39, 0.29) is 0 Å². The monoisotopic (exact) mass is 330 g/mol. The summed E-state index contributed by atoms with van der Waals surface area (Å²) in [5.41, 5.74) is 1.45. The van der Waals surface area contributed by atoms with E-state index in [0.717, 1.165) is 24.5 Å². The number of nitrogens with one attached hydrogen (secondary N) is 1. The van der Waals surface area contributed by atoms with Crippen molar-refractivity contribution in [3.05, 3.63) is 35.9 Å². The molecule has 3 aliphatic heterocycles. The molecule has 0 radical (unpaired) electrons. The molecule has 3 heteroatoms. The van der Waals surface area contributed by atoms with Crippen molar-refractivity contribution in [3.8, 4) is 0 Å². The van der Waals surface area contributed by atoms with E-state index in [4.69, 9.17) is 4.79 Å². The molecule has 1 N–H and O–H groups in total. The fourth-order valence-corrected chi connectivity index (χ4v) is 4.24. The zero-order valence-corrected chi connectivity index (χ0v) is 15.3. The molecule has 3 atom stereocenters. The Kier molecular flexibility index (Phi) is 8.48. The highest BCUT2D eigenvalue weighted by Crippen LogP contribution is 2.25. The highest BCUT2D eigenvalue weighted by molar-refractivity contribution is 5.14. The number of piperidine rings is 2. The largest absolute Gasteiger partial charge is 0.311 e. The van der Waals surface area contributed by atoms with Crippen molar-refractivity contribution >= 4 is 6.79 Å². The van der Waals surface area contributed by atoms with Crippen LogP contribution in [-0.4, -0.2) is 36.9 Å². The molecule has 3 heterocycles. The molecule has 0 aliphatic carbocycles. The van der Waals surface area contributed by atoms with Crippen LogP contribution in [0.5, 0.6) is 0 Å². The van der Waals surface area contributed by atoms with E-state index in [1.807, 2.05) is 6.79 Å². The van der Waals surface area contributed by atoms with Gasteiger partial charge in [-0.3, -0.25) is 4.90 Å². The Bertz CT molecular complexity index is 436. The van der Waals surface area contributed by atoms with Gasteiger partial charge in [-0.25, -0.2) is 0 Å². The fourth-order valence-electron chi connectivity index (χ4n) is 4.24. The fraction of sp³-hybridized carbons (Fsp3) is 0.667. The molecule has 4 rings (SSSR count). The zero-order chi connectivity index (χ0) is 17.2. The number of hydrogen-bond acceptors (Lipinski definition) is 3. The Hall–Kier alpha value is -1.19. The second-order valence-electron chi connectivity index (χ2n) is 7.54. The first kappa shape index (κ1) is 19.1. The second kappa shape index (κ2) is 10.6. The standard InChI is InChI=1S/C13H19N.C7H13N.CH2O/c1-12-6-5-9-14(10-12)11-13-7-3-2-4-8-13;1-2-6-4-5-7(3-1)8-6;1-2/h2-4,7-8,12H,5-6,9-11H2,1H3;6-8H,1-5H2;1H2. The summed E-state index contributed by atoms with van der Waals surface area (Å²) in [6.07, 6.45) is 10.0. The van der Waals surface area contributed by atoms with Crippen molar-refractivity contribution in [1.29, 1.82) is 0 Å². The van der Waals surface area contributed by atoms with Crippen molar-refractivity contribution in [2.24, 2.45) is 5.92 Å². The van der Waals surface area contributed by atoms with Crippen molar-refractivity contribution in [2.75, 3.05) is 13.1 Å². The van der Waals surface area contributed by atoms with Crippen molar-refractivity contribution in [3.63, 3.8) is 0 Å². The van der Waals surface area contributed by atoms with Gasteiger partial charge in [0.05, 0.1) is 0 Å². The average Bonchev–Trinajstić information content (AvgIpc) is 2.96. The van der Waals surface area contributed by atoms with Gasteiger partial charge in [-0.15, -0.1) is 0 Å². The number of benzene rings is 1. The normalized spacial score (nSPS) is 29.0. The van der Waals surface area contributed by atoms with Crippen LogP contribution in [0.15, 0.2) is 30.3 Å². The van der Waals surface area contributed by atoms with Crippen LogP contribution in [0.4, 0.5) is 0 Å². The Balaban J connectivity index is 0.000000176. The van der Waals surface area contributed by atoms with Gasteiger partial charge in [0.1, 0.15) is 6.79 Å². The van der Waals surface area contributed by atoms with E-state index in [9.17, 15) is 0 Å². The maximum atomic E-state index is 8.00. The number of carbonyl (C=O) groups excluding carboxylic acids is 1. The van der Waals surface area contributed by atoms with Gasteiger partial charge in [-0.1, -0.05) is 43.7 Å². The summed E-state index contributed by atoms with van der Waals surface area (Å²) >= 11 is 0. The zero-order valence-electron chi connectivity index (χ0n) is 15.3. The van der Waals surface area contributed by atoms with Gasteiger partial charge in [0.2, 0.25) is 0 Å². The molecule has 1 aromatic carbocycles. The highest BCUT2D eigenvalue weighted by Gasteiger charge is 2.26. The number of likely N-dealkylation sites (tertiary alicyclic amines) is 1. The third-order valence-electron chi connectivity index (χ3n) is 5.43. The van der Waals surface area contributed by atoms with Crippen LogP contribution in [0.2, 0.25) is 0 Å². The van der Waals surface area contributed by atoms with Gasteiger partial charge < -0.3 is 10.1 Å². The molecule has 3 nitrogen and oxygen atoms in total. The maximum absolute atomic E-state index is 8.00. The molecule has 134 valence electrons. The molecule has 0 aromatic heterocycles. The van der Waals surface area contributed by atoms with Gasteiger partial charge in [-0.2, -0.15) is 0 Å². The van der Waals surface area contributed by atoms with Gasteiger partial charge in [0.15, 0.2) is 0 Å². The number of carbonyl (C=O) groups is 1. The van der Waals surface area contributed by atoms with E-state index < -0.39 is 0 Å². The third-order valence-corrected chi connectivity index (χ3v) is 5.43. The first-order chi connectivity index (χ1) is 11.8. The summed E-state index contributed by atoms with van der Waals surface area (Å²) in [6.45, 7) is 8.04. The lowest BCUT2D eigenvalue weighted by molar-refractivity contribution is -0.0979. The molecule has 3 aliphatic rings. The molecule has 1 aromatic rings. The quantitative estimate of drug-likeness (QED) is 0.889. The molecule has 3 fully saturated rings. The summed E-state index contributed by atoms with van der Waals surface area (Å²) in [7, 11) is 0. The topological polar surface area (TPSA) is 32.3 Å². The Morgan fingerprint density at radius 2 is 1.67 bits per heavy atom. The SMILES string of the molecule is C1CC2CCC(C1)N2.C=O.CC1CCCN(Cc2ccccc2)C1. The van der Waals surface area contributed by atoms with Crippen molar-refractivity contribution in [1.82, 2.24) is 10.2 Å². The van der Waals surface area contributed by atoms with E-state index in [0.29, 0.717) is 0 Å². The number of rotatable bonds is 2. The molecule has 24 heavy (non-hydrogen) atoms. The van der Waals surface area contributed by atoms with Crippen molar-refractivity contribution < 1.29 is 4.79 Å². The maximum Gasteiger partial charge on any atom is 0.106 e. The van der Waals surface area contributed by atoms with Crippen LogP contribution in [-0.2, 0) is 11.3 Å². The smallest absolute Gasteiger partial charge is 0.106 e. The molecule has 2 bridgehead atoms. The van der Waals surface area contributed by atoms with Crippen LogP contribution in [0, 0.1) is 5.92 Å². The lowest BCUT2D eigenvalue weighted by atomic mass is 10.00. The summed E-state index contributed by atoms with van der Waals surface area (Å²) in [6, 6.07) is 12.6. The number of fused-ring (bicyclic) bond motifs is 2. The Labute approximate surface area is 147 Å². The summed E-state index contributed by atoms with van der Waals surface area (Å²) in [5, 5.41) is 3.59. The molecule has 0 spiro atoms. The van der Waals surface area contributed by atoms with E-state index in [1.54, 1.807) is 0 Å². The van der Waals surface area contributed by atoms with E-state index in [2.05, 4.69) is 47.5 Å². The van der Waals surface area contributed by atoms with Crippen LogP contribution in [0.3, 0.4) is 0 Å². The van der Waals surface area contributed by atoms with E-state index >= 15 is 0 Å². The van der Waals surface area contributed by atoms with Crippen LogP contribution >= 0.6 is 0 Å². The molecular weight excluding hydrogens is 296 g/mol. The number of hydrogen-bond donors (Lipinski definition) is 1. The first-order valence-electron chi connectivity index (χ1n) is 9.61. The van der Waals surface area contributed by atoms with Gasteiger partial charge in [0.25, 0.3) is 0 Å². The number of nitrogens with zero attached hydrogens (tertiary/aromatic N) is 1. The Morgan fingerprint density at radius 1 is 1.00 bits per heavy atom. The van der Waals surface area contributed by atoms with E-state index in [1.165, 1.54) is 63.6 Å². The predicted molar refractivity (Wildman–Crippen MR) is 101 cm³/mol. The van der Waals surface area contributed by atoms with Gasteiger partial charge >= 0.3 is 0 Å². The summed E-state index contributed by atoms with van der Waals surface area (Å²) in [4.78, 5) is 10.6. The average molecular weight is 331 g/mol. The van der Waals surface area contributed by atoms with Crippen molar-refractivity contribution in [2.45, 2.75) is 70.5 Å². The minimum atomic E-state index is 0.882. The summed E-state index contributed by atoms with van der Waals surface area (Å²) in [5.74, 6) is 0.882. The lowest BCUT2D eigenvalue weighted by Gasteiger charge is -2.30. The molecular formula is C21H34N2O. The molecule has 0 amide bonds. The lowest BCUT2D eigenvalue weighted by Crippen LogP contribution is -2.33. The molecule has 0 saturated carbocycles. The minimum Gasteiger partial charge on any atom is -0.311 e. The Morgan fingerprint density at radius 3 is 2.25 bits per heavy atom. The van der Waals surface area contributed by atoms with Gasteiger partial charge in [0, 0.05) is 25.2 Å². The predicted octanol–water partition coefficient (Wildman–Crippen LogP) is 4.02. The van der Waals surface area contributed by atoms with Gasteiger partial charge in [-0.05, 0) is 56.6 Å². The second-order valence-corrected chi connectivity index (χ2v) is 7.54. The summed E-state index contributed by atoms with van der Waals surface area (Å²) < 4.78 is 0. The van der Waals surface area contributed by atoms with Crippen LogP contribution < -0.4 is 5.32 Å². The highest BCUT2D eigenvalue weighted by atomic mass is 16.1. The third kappa shape index (κ3) is 6.37. The minimum absolute atomic E-state index is 0.882. The first-order valence-corrected chi connectivity index (χ1v) is 9.61.